The molecule has 0 saturated heterocycles. The maximum atomic E-state index is 12.4. The van der Waals surface area contributed by atoms with E-state index < -0.39 is 0 Å². The summed E-state index contributed by atoms with van der Waals surface area (Å²) in [6, 6.07) is 13.3. The summed E-state index contributed by atoms with van der Waals surface area (Å²) in [5, 5.41) is 4.20. The van der Waals surface area contributed by atoms with Crippen LogP contribution in [0.25, 0.3) is 11.0 Å². The molecule has 1 aromatic heterocycles. The molecule has 0 radical (unpaired) electrons. The highest BCUT2D eigenvalue weighted by Gasteiger charge is 2.10. The molecule has 1 heterocycles. The van der Waals surface area contributed by atoms with E-state index in [0.29, 0.717) is 5.56 Å². The monoisotopic (exact) mass is 398 g/mol. The molecule has 0 saturated carbocycles. The van der Waals surface area contributed by atoms with Gasteiger partial charge in [0.1, 0.15) is 5.82 Å². The van der Waals surface area contributed by atoms with Crippen LogP contribution in [0.5, 0.6) is 0 Å². The minimum atomic E-state index is -0.248. The number of aromatic nitrogens is 2. The molecular formula is C19H19BrN4O. The van der Waals surface area contributed by atoms with Gasteiger partial charge in [-0.05, 0) is 56.7 Å². The third-order valence-corrected chi connectivity index (χ3v) is 4.63. The Bertz CT molecular complexity index is 957. The van der Waals surface area contributed by atoms with E-state index in [9.17, 15) is 4.79 Å². The zero-order valence-corrected chi connectivity index (χ0v) is 16.0. The maximum absolute atomic E-state index is 12.4. The lowest BCUT2D eigenvalue weighted by atomic mass is 10.1. The largest absolute Gasteiger partial charge is 0.329 e. The molecule has 0 aliphatic rings. The number of nitrogens with zero attached hydrogens (tertiary/aromatic N) is 3. The average molecular weight is 399 g/mol. The van der Waals surface area contributed by atoms with Crippen molar-refractivity contribution in [3.63, 3.8) is 0 Å². The van der Waals surface area contributed by atoms with Gasteiger partial charge in [0.05, 0.1) is 16.7 Å². The SMILES string of the molecule is CCn1c(C)nc2cc(C(=O)NN=C(C)c3ccc(Br)cc3)ccc21. The Morgan fingerprint density at radius 1 is 1.20 bits per heavy atom. The summed E-state index contributed by atoms with van der Waals surface area (Å²) in [7, 11) is 0. The third kappa shape index (κ3) is 3.64. The van der Waals surface area contributed by atoms with Crippen LogP contribution in [0.3, 0.4) is 0 Å². The van der Waals surface area contributed by atoms with Crippen LogP contribution in [-0.2, 0) is 6.54 Å². The number of hydrazone groups is 1. The fraction of sp³-hybridized carbons (Fsp3) is 0.211. The Hall–Kier alpha value is -2.47. The van der Waals surface area contributed by atoms with Crippen LogP contribution in [0.1, 0.15) is 35.6 Å². The maximum Gasteiger partial charge on any atom is 0.271 e. The lowest BCUT2D eigenvalue weighted by Crippen LogP contribution is -2.19. The van der Waals surface area contributed by atoms with Crippen molar-refractivity contribution in [2.75, 3.05) is 0 Å². The Kier molecular flexibility index (Phi) is 4.99. The highest BCUT2D eigenvalue weighted by Crippen LogP contribution is 2.18. The number of carbonyl (C=O) groups is 1. The van der Waals surface area contributed by atoms with Crippen LogP contribution in [-0.4, -0.2) is 21.2 Å². The van der Waals surface area contributed by atoms with E-state index in [-0.39, 0.29) is 5.91 Å². The van der Waals surface area contributed by atoms with Crippen molar-refractivity contribution >= 4 is 38.6 Å². The van der Waals surface area contributed by atoms with Crippen LogP contribution in [0.2, 0.25) is 0 Å². The number of benzene rings is 2. The number of nitrogens with one attached hydrogen (secondary N) is 1. The van der Waals surface area contributed by atoms with Crippen molar-refractivity contribution in [1.29, 1.82) is 0 Å². The first-order chi connectivity index (χ1) is 12.0. The number of fused-ring (bicyclic) bond motifs is 1. The normalized spacial score (nSPS) is 11.8. The van der Waals surface area contributed by atoms with Gasteiger partial charge in [0.25, 0.3) is 5.91 Å². The third-order valence-electron chi connectivity index (χ3n) is 4.10. The second-order valence-corrected chi connectivity index (χ2v) is 6.67. The van der Waals surface area contributed by atoms with E-state index in [1.165, 1.54) is 0 Å². The van der Waals surface area contributed by atoms with Gasteiger partial charge in [0.15, 0.2) is 0 Å². The fourth-order valence-corrected chi connectivity index (χ4v) is 3.01. The van der Waals surface area contributed by atoms with Gasteiger partial charge in [0, 0.05) is 16.6 Å². The molecule has 0 aliphatic carbocycles. The van der Waals surface area contributed by atoms with Crippen LogP contribution in [0.15, 0.2) is 52.0 Å². The molecule has 0 bridgehead atoms. The lowest BCUT2D eigenvalue weighted by Gasteiger charge is -2.04. The Balaban J connectivity index is 1.80. The summed E-state index contributed by atoms with van der Waals surface area (Å²) in [6.45, 7) is 6.76. The van der Waals surface area contributed by atoms with Crippen molar-refractivity contribution in [1.82, 2.24) is 15.0 Å². The molecule has 0 aliphatic heterocycles. The summed E-state index contributed by atoms with van der Waals surface area (Å²) in [5.74, 6) is 0.696. The number of carbonyl (C=O) groups excluding carboxylic acids is 1. The quantitative estimate of drug-likeness (QED) is 0.526. The molecule has 0 spiro atoms. The predicted molar refractivity (Wildman–Crippen MR) is 104 cm³/mol. The summed E-state index contributed by atoms with van der Waals surface area (Å²) in [6.07, 6.45) is 0. The van der Waals surface area contributed by atoms with E-state index in [0.717, 1.165) is 39.2 Å². The summed E-state index contributed by atoms with van der Waals surface area (Å²) in [5.41, 5.74) is 6.71. The highest BCUT2D eigenvalue weighted by atomic mass is 79.9. The van der Waals surface area contributed by atoms with Gasteiger partial charge in [-0.15, -0.1) is 0 Å². The Labute approximate surface area is 154 Å². The Morgan fingerprint density at radius 3 is 2.56 bits per heavy atom. The van der Waals surface area contributed by atoms with E-state index in [1.54, 1.807) is 12.1 Å². The van der Waals surface area contributed by atoms with Crippen LogP contribution in [0, 0.1) is 6.92 Å². The van der Waals surface area contributed by atoms with E-state index in [4.69, 9.17) is 0 Å². The minimum Gasteiger partial charge on any atom is -0.329 e. The Morgan fingerprint density at radius 2 is 1.88 bits per heavy atom. The van der Waals surface area contributed by atoms with Crippen LogP contribution in [0.4, 0.5) is 0 Å². The number of hydrogen-bond acceptors (Lipinski definition) is 3. The standard InChI is InChI=1S/C19H19BrN4O/c1-4-24-13(3)21-17-11-15(7-10-18(17)24)19(25)23-22-12(2)14-5-8-16(20)9-6-14/h5-11H,4H2,1-3H3,(H,23,25). The summed E-state index contributed by atoms with van der Waals surface area (Å²) >= 11 is 3.40. The van der Waals surface area contributed by atoms with Crippen molar-refractivity contribution in [2.45, 2.75) is 27.3 Å². The van der Waals surface area contributed by atoms with E-state index in [1.807, 2.05) is 44.2 Å². The van der Waals surface area contributed by atoms with Crippen LogP contribution >= 0.6 is 15.9 Å². The lowest BCUT2D eigenvalue weighted by molar-refractivity contribution is 0.0955. The summed E-state index contributed by atoms with van der Waals surface area (Å²) in [4.78, 5) is 16.9. The number of aryl methyl sites for hydroxylation is 2. The fourth-order valence-electron chi connectivity index (χ4n) is 2.75. The van der Waals surface area contributed by atoms with Gasteiger partial charge in [-0.25, -0.2) is 10.4 Å². The first-order valence-corrected chi connectivity index (χ1v) is 8.86. The number of imidazole rings is 1. The number of rotatable bonds is 4. The molecule has 1 N–H and O–H groups in total. The van der Waals surface area contributed by atoms with Gasteiger partial charge in [-0.3, -0.25) is 4.79 Å². The van der Waals surface area contributed by atoms with Gasteiger partial charge < -0.3 is 4.57 Å². The smallest absolute Gasteiger partial charge is 0.271 e. The zero-order valence-electron chi connectivity index (χ0n) is 14.4. The molecule has 25 heavy (non-hydrogen) atoms. The van der Waals surface area contributed by atoms with E-state index >= 15 is 0 Å². The van der Waals surface area contributed by atoms with Crippen molar-refractivity contribution in [2.24, 2.45) is 5.10 Å². The number of amides is 1. The highest BCUT2D eigenvalue weighted by molar-refractivity contribution is 9.10. The van der Waals surface area contributed by atoms with Gasteiger partial charge in [-0.2, -0.15) is 5.10 Å². The molecule has 128 valence electrons. The predicted octanol–water partition coefficient (Wildman–Crippen LogP) is 4.28. The van der Waals surface area contributed by atoms with Gasteiger partial charge in [-0.1, -0.05) is 28.1 Å². The van der Waals surface area contributed by atoms with E-state index in [2.05, 4.69) is 42.9 Å². The molecule has 3 rings (SSSR count). The number of halogens is 1. The zero-order chi connectivity index (χ0) is 18.0. The van der Waals surface area contributed by atoms with Gasteiger partial charge >= 0.3 is 0 Å². The average Bonchev–Trinajstić information content (AvgIpc) is 2.93. The molecule has 0 atom stereocenters. The molecule has 6 heteroatoms. The molecule has 0 unspecified atom stereocenters. The number of hydrogen-bond donors (Lipinski definition) is 1. The topological polar surface area (TPSA) is 59.3 Å². The van der Waals surface area contributed by atoms with Gasteiger partial charge in [0.2, 0.25) is 0 Å². The molecule has 0 fully saturated rings. The van der Waals surface area contributed by atoms with Crippen molar-refractivity contribution < 1.29 is 4.79 Å². The molecule has 2 aromatic carbocycles. The molecule has 5 nitrogen and oxygen atoms in total. The van der Waals surface area contributed by atoms with Crippen molar-refractivity contribution in [3.05, 3.63) is 63.9 Å². The second-order valence-electron chi connectivity index (χ2n) is 5.75. The molecule has 1 amide bonds. The van der Waals surface area contributed by atoms with Crippen LogP contribution < -0.4 is 5.43 Å². The molecule has 3 aromatic rings. The van der Waals surface area contributed by atoms with Crippen molar-refractivity contribution in [3.8, 4) is 0 Å². The first kappa shape index (κ1) is 17.4. The molecular weight excluding hydrogens is 380 g/mol. The second kappa shape index (κ2) is 7.19. The first-order valence-electron chi connectivity index (χ1n) is 8.07. The minimum absolute atomic E-state index is 0.248. The summed E-state index contributed by atoms with van der Waals surface area (Å²) < 4.78 is 3.12.